The number of nitrogens with one attached hydrogen (secondary N) is 2. The van der Waals surface area contributed by atoms with E-state index in [4.69, 9.17) is 18.9 Å². The lowest BCUT2D eigenvalue weighted by Crippen LogP contribution is -2.47. The first kappa shape index (κ1) is 49.2. The SMILES string of the molecule is CCc1cc(CC(NC(C)=O)C(=O)NCCCCOc2cccc(O)c2C(=O)OC)ccc1N(C(=O)C(=O)OCc1ccccc1)c1ccccc1C(=O)OC(c1ccccc1)c1ccccc1. The lowest BCUT2D eigenvalue weighted by atomic mass is 9.98. The summed E-state index contributed by atoms with van der Waals surface area (Å²) in [5, 5.41) is 15.7. The zero-order valence-corrected chi connectivity index (χ0v) is 38.0. The number of para-hydroxylation sites is 1. The fourth-order valence-corrected chi connectivity index (χ4v) is 7.47. The Balaban J connectivity index is 1.24. The summed E-state index contributed by atoms with van der Waals surface area (Å²) in [6, 6.07) is 42.4. The molecular formula is C54H53N3O11. The van der Waals surface area contributed by atoms with E-state index in [-0.39, 0.29) is 60.2 Å². The lowest BCUT2D eigenvalue weighted by molar-refractivity contribution is -0.154. The molecule has 0 bridgehead atoms. The van der Waals surface area contributed by atoms with Crippen molar-refractivity contribution in [2.75, 3.05) is 25.2 Å². The van der Waals surface area contributed by atoms with E-state index in [1.807, 2.05) is 73.7 Å². The number of rotatable bonds is 20. The van der Waals surface area contributed by atoms with Gasteiger partial charge in [0.05, 0.1) is 30.7 Å². The summed E-state index contributed by atoms with van der Waals surface area (Å²) in [7, 11) is 1.20. The molecule has 6 aromatic rings. The molecule has 3 N–H and O–H groups in total. The summed E-state index contributed by atoms with van der Waals surface area (Å²) < 4.78 is 22.3. The quantitative estimate of drug-likeness (QED) is 0.0291. The van der Waals surface area contributed by atoms with Crippen molar-refractivity contribution in [2.45, 2.75) is 58.3 Å². The van der Waals surface area contributed by atoms with Gasteiger partial charge in [-0.15, -0.1) is 0 Å². The monoisotopic (exact) mass is 919 g/mol. The standard InChI is InChI=1S/C54H53N3O11/c1-4-39-33-38(34-43(56-36(2)58)50(60)55-31-16-17-32-66-47-28-18-27-46(59)48(47)53(63)65-3)29-30-44(39)57(51(61)54(64)67-35-37-19-8-5-9-20-37)45-26-15-14-25-42(45)52(62)68-49(40-21-10-6-11-22-40)41-23-12-7-13-24-41/h5-15,18-30,33,43,49,59H,4,16-17,31-32,34-35H2,1-3H3,(H,55,60)(H,56,58). The van der Waals surface area contributed by atoms with Crippen molar-refractivity contribution in [1.82, 2.24) is 10.6 Å². The molecular weight excluding hydrogens is 867 g/mol. The second-order valence-corrected chi connectivity index (χ2v) is 15.6. The molecule has 0 aromatic heterocycles. The van der Waals surface area contributed by atoms with Gasteiger partial charge in [-0.05, 0) is 77.4 Å². The molecule has 0 aliphatic rings. The molecule has 3 amide bonds. The summed E-state index contributed by atoms with van der Waals surface area (Å²) in [5.41, 5.74) is 3.64. The molecule has 1 atom stereocenters. The van der Waals surface area contributed by atoms with Gasteiger partial charge in [-0.1, -0.05) is 128 Å². The molecule has 6 rings (SSSR count). The van der Waals surface area contributed by atoms with Crippen LogP contribution < -0.4 is 20.3 Å². The maximum absolute atomic E-state index is 14.5. The maximum Gasteiger partial charge on any atom is 0.398 e. The van der Waals surface area contributed by atoms with Gasteiger partial charge >= 0.3 is 23.8 Å². The number of hydrogen-bond donors (Lipinski definition) is 3. The van der Waals surface area contributed by atoms with Gasteiger partial charge in [0.15, 0.2) is 6.10 Å². The Bertz CT molecular complexity index is 2650. The van der Waals surface area contributed by atoms with E-state index in [0.29, 0.717) is 36.0 Å². The van der Waals surface area contributed by atoms with E-state index in [2.05, 4.69) is 10.6 Å². The average Bonchev–Trinajstić information content (AvgIpc) is 3.36. The molecule has 6 aromatic carbocycles. The van der Waals surface area contributed by atoms with Crippen molar-refractivity contribution in [3.63, 3.8) is 0 Å². The van der Waals surface area contributed by atoms with Gasteiger partial charge in [-0.25, -0.2) is 14.4 Å². The van der Waals surface area contributed by atoms with E-state index in [1.54, 1.807) is 72.8 Å². The number of nitrogens with zero attached hydrogens (tertiary/aromatic N) is 1. The van der Waals surface area contributed by atoms with Crippen LogP contribution in [0.4, 0.5) is 11.4 Å². The number of anilines is 2. The molecule has 0 radical (unpaired) electrons. The second kappa shape index (κ2) is 24.3. The van der Waals surface area contributed by atoms with Crippen LogP contribution in [0, 0.1) is 0 Å². The predicted molar refractivity (Wildman–Crippen MR) is 254 cm³/mol. The third kappa shape index (κ3) is 13.0. The van der Waals surface area contributed by atoms with Crippen molar-refractivity contribution in [3.8, 4) is 11.5 Å². The minimum atomic E-state index is -1.16. The van der Waals surface area contributed by atoms with Crippen molar-refractivity contribution >= 4 is 47.0 Å². The molecule has 0 heterocycles. The van der Waals surface area contributed by atoms with E-state index < -0.39 is 47.8 Å². The minimum Gasteiger partial charge on any atom is -0.507 e. The smallest absolute Gasteiger partial charge is 0.398 e. The number of methoxy groups -OCH3 is 1. The number of phenols is 1. The van der Waals surface area contributed by atoms with Crippen LogP contribution in [0.2, 0.25) is 0 Å². The molecule has 0 spiro atoms. The van der Waals surface area contributed by atoms with Crippen LogP contribution in [-0.4, -0.2) is 67.0 Å². The highest BCUT2D eigenvalue weighted by Gasteiger charge is 2.33. The number of unbranched alkanes of at least 4 members (excludes halogenated alkanes) is 1. The van der Waals surface area contributed by atoms with Crippen LogP contribution in [0.3, 0.4) is 0 Å². The summed E-state index contributed by atoms with van der Waals surface area (Å²) in [4.78, 5) is 81.9. The number of carbonyl (C=O) groups excluding carboxylic acids is 6. The van der Waals surface area contributed by atoms with Gasteiger partial charge in [-0.3, -0.25) is 19.3 Å². The highest BCUT2D eigenvalue weighted by molar-refractivity contribution is 6.40. The van der Waals surface area contributed by atoms with Gasteiger partial charge in [0.2, 0.25) is 11.8 Å². The third-order valence-electron chi connectivity index (χ3n) is 10.8. The maximum atomic E-state index is 14.5. The molecule has 0 saturated carbocycles. The van der Waals surface area contributed by atoms with Crippen LogP contribution in [0.25, 0.3) is 0 Å². The van der Waals surface area contributed by atoms with Crippen LogP contribution in [-0.2, 0) is 52.8 Å². The molecule has 0 fully saturated rings. The van der Waals surface area contributed by atoms with E-state index in [9.17, 15) is 33.9 Å². The largest absolute Gasteiger partial charge is 0.507 e. The van der Waals surface area contributed by atoms with E-state index in [1.165, 1.54) is 26.2 Å². The Labute approximate surface area is 394 Å². The number of esters is 3. The van der Waals surface area contributed by atoms with Crippen LogP contribution in [0.1, 0.15) is 81.3 Å². The van der Waals surface area contributed by atoms with Crippen molar-refractivity contribution in [3.05, 3.63) is 191 Å². The Kier molecular flexibility index (Phi) is 17.6. The number of carbonyl (C=O) groups is 6. The molecule has 14 heteroatoms. The van der Waals surface area contributed by atoms with Gasteiger partial charge < -0.3 is 34.7 Å². The van der Waals surface area contributed by atoms with Crippen LogP contribution in [0.15, 0.2) is 152 Å². The first-order valence-electron chi connectivity index (χ1n) is 22.1. The van der Waals surface area contributed by atoms with Gasteiger partial charge in [-0.2, -0.15) is 0 Å². The van der Waals surface area contributed by atoms with Crippen molar-refractivity contribution in [2.24, 2.45) is 0 Å². The third-order valence-corrected chi connectivity index (χ3v) is 10.8. The lowest BCUT2D eigenvalue weighted by Gasteiger charge is -2.27. The first-order chi connectivity index (χ1) is 33.0. The second-order valence-electron chi connectivity index (χ2n) is 15.6. The highest BCUT2D eigenvalue weighted by atomic mass is 16.5. The molecule has 0 saturated heterocycles. The molecule has 0 aliphatic carbocycles. The minimum absolute atomic E-state index is 0.0129. The Morgan fingerprint density at radius 3 is 1.99 bits per heavy atom. The molecule has 0 aliphatic heterocycles. The van der Waals surface area contributed by atoms with Gasteiger partial charge in [0.25, 0.3) is 0 Å². The topological polar surface area (TPSA) is 187 Å². The van der Waals surface area contributed by atoms with Gasteiger partial charge in [0.1, 0.15) is 29.7 Å². The number of phenolic OH excluding ortho intramolecular Hbond substituents is 1. The van der Waals surface area contributed by atoms with Crippen molar-refractivity contribution < 1.29 is 52.8 Å². The van der Waals surface area contributed by atoms with Crippen molar-refractivity contribution in [1.29, 1.82) is 0 Å². The molecule has 14 nitrogen and oxygen atoms in total. The Morgan fingerprint density at radius 1 is 0.691 bits per heavy atom. The Morgan fingerprint density at radius 2 is 1.34 bits per heavy atom. The summed E-state index contributed by atoms with van der Waals surface area (Å²) >= 11 is 0. The van der Waals surface area contributed by atoms with Crippen LogP contribution >= 0.6 is 0 Å². The predicted octanol–water partition coefficient (Wildman–Crippen LogP) is 8.12. The van der Waals surface area contributed by atoms with E-state index in [0.717, 1.165) is 16.0 Å². The number of hydrogen-bond acceptors (Lipinski definition) is 11. The van der Waals surface area contributed by atoms with Crippen LogP contribution in [0.5, 0.6) is 11.5 Å². The first-order valence-corrected chi connectivity index (χ1v) is 22.1. The van der Waals surface area contributed by atoms with E-state index >= 15 is 0 Å². The fourth-order valence-electron chi connectivity index (χ4n) is 7.47. The zero-order chi connectivity index (χ0) is 48.4. The number of ether oxygens (including phenoxy) is 4. The average molecular weight is 920 g/mol. The Hall–Kier alpha value is -8.26. The summed E-state index contributed by atoms with van der Waals surface area (Å²) in [6.07, 6.45) is 0.604. The number of aromatic hydroxyl groups is 1. The summed E-state index contributed by atoms with van der Waals surface area (Å²) in [6.45, 7) is 3.44. The normalized spacial score (nSPS) is 11.2. The van der Waals surface area contributed by atoms with Gasteiger partial charge in [0, 0.05) is 19.9 Å². The zero-order valence-electron chi connectivity index (χ0n) is 38.0. The highest BCUT2D eigenvalue weighted by Crippen LogP contribution is 2.36. The molecule has 350 valence electrons. The number of amides is 3. The molecule has 68 heavy (non-hydrogen) atoms. The molecule has 1 unspecified atom stereocenters. The fraction of sp³-hybridized carbons (Fsp3) is 0.222. The number of aryl methyl sites for hydroxylation is 1. The number of benzene rings is 6. The summed E-state index contributed by atoms with van der Waals surface area (Å²) in [5.74, 6) is -4.65.